The lowest BCUT2D eigenvalue weighted by molar-refractivity contribution is -0.797. The topological polar surface area (TPSA) is 41.1 Å². The van der Waals surface area contributed by atoms with E-state index in [1.54, 1.807) is 6.20 Å². The minimum Gasteiger partial charge on any atom is -0.291 e. The molecule has 0 radical (unpaired) electrons. The van der Waals surface area contributed by atoms with Gasteiger partial charge in [0, 0.05) is 25.2 Å². The Balaban J connectivity index is 1.90. The molecule has 4 heteroatoms. The number of nitrogens with zero attached hydrogens (tertiary/aromatic N) is 3. The molecule has 1 aliphatic rings. The van der Waals surface area contributed by atoms with Crippen molar-refractivity contribution in [2.45, 2.75) is 38.1 Å². The summed E-state index contributed by atoms with van der Waals surface area (Å²) in [7, 11) is 0. The molecule has 1 saturated carbocycles. The standard InChI is InChI=1S/C16H20N3O/c20-19(15-8-2-1-3-9-15)13-14-7-4-5-10-16(14)18-12-6-11-17-18/h4-7,10-13,15,20H,1-3,8-9H2/q+1. The van der Waals surface area contributed by atoms with E-state index in [0.29, 0.717) is 0 Å². The highest BCUT2D eigenvalue weighted by atomic mass is 16.5. The fourth-order valence-corrected chi connectivity index (χ4v) is 2.81. The third kappa shape index (κ3) is 2.74. The van der Waals surface area contributed by atoms with Crippen LogP contribution in [-0.2, 0) is 0 Å². The molecule has 20 heavy (non-hydrogen) atoms. The minimum absolute atomic E-state index is 0.245. The molecule has 2 aromatic rings. The van der Waals surface area contributed by atoms with E-state index in [1.165, 1.54) is 24.0 Å². The Kier molecular flexibility index (Phi) is 3.81. The van der Waals surface area contributed by atoms with E-state index in [4.69, 9.17) is 0 Å². The maximum atomic E-state index is 10.3. The highest BCUT2D eigenvalue weighted by Gasteiger charge is 2.24. The Hall–Kier alpha value is -2.10. The lowest BCUT2D eigenvalue weighted by Crippen LogP contribution is -2.27. The fraction of sp³-hybridized carbons (Fsp3) is 0.375. The first-order valence-electron chi connectivity index (χ1n) is 7.26. The second-order valence-corrected chi connectivity index (χ2v) is 5.31. The molecular weight excluding hydrogens is 250 g/mol. The van der Waals surface area contributed by atoms with Crippen molar-refractivity contribution >= 4 is 6.21 Å². The SMILES string of the molecule is O[N+](=Cc1ccccc1-n1cccn1)C1CCCCC1. The van der Waals surface area contributed by atoms with E-state index >= 15 is 0 Å². The van der Waals surface area contributed by atoms with Crippen molar-refractivity contribution in [3.63, 3.8) is 0 Å². The molecule has 1 aromatic heterocycles. The third-order valence-corrected chi connectivity index (χ3v) is 3.91. The normalized spacial score (nSPS) is 17.3. The molecule has 1 aromatic carbocycles. The van der Waals surface area contributed by atoms with E-state index in [9.17, 15) is 5.21 Å². The van der Waals surface area contributed by atoms with Crippen LogP contribution in [0.4, 0.5) is 0 Å². The molecular formula is C16H20N3O+. The van der Waals surface area contributed by atoms with Gasteiger partial charge in [-0.15, -0.1) is 0 Å². The quantitative estimate of drug-likeness (QED) is 0.403. The van der Waals surface area contributed by atoms with Crippen molar-refractivity contribution in [1.29, 1.82) is 0 Å². The van der Waals surface area contributed by atoms with Crippen molar-refractivity contribution < 1.29 is 9.95 Å². The zero-order valence-electron chi connectivity index (χ0n) is 11.5. The lowest BCUT2D eigenvalue weighted by Gasteiger charge is -2.15. The summed E-state index contributed by atoms with van der Waals surface area (Å²) in [5.41, 5.74) is 1.96. The summed E-state index contributed by atoms with van der Waals surface area (Å²) in [6.45, 7) is 0. The van der Waals surface area contributed by atoms with E-state index in [1.807, 2.05) is 47.4 Å². The van der Waals surface area contributed by atoms with Crippen molar-refractivity contribution in [2.24, 2.45) is 0 Å². The fourth-order valence-electron chi connectivity index (χ4n) is 2.81. The van der Waals surface area contributed by atoms with Gasteiger partial charge in [-0.25, -0.2) is 4.68 Å². The number of hydroxylamine groups is 1. The van der Waals surface area contributed by atoms with E-state index < -0.39 is 0 Å². The highest BCUT2D eigenvalue weighted by Crippen LogP contribution is 2.20. The van der Waals surface area contributed by atoms with E-state index in [0.717, 1.165) is 24.1 Å². The van der Waals surface area contributed by atoms with Gasteiger partial charge in [0.05, 0.1) is 11.3 Å². The molecule has 4 nitrogen and oxygen atoms in total. The molecule has 104 valence electrons. The van der Waals surface area contributed by atoms with Crippen molar-refractivity contribution in [2.75, 3.05) is 0 Å². The molecule has 0 saturated heterocycles. The van der Waals surface area contributed by atoms with Crippen LogP contribution >= 0.6 is 0 Å². The van der Waals surface area contributed by atoms with Gasteiger partial charge in [-0.2, -0.15) is 5.10 Å². The van der Waals surface area contributed by atoms with Crippen LogP contribution in [0.25, 0.3) is 5.69 Å². The maximum Gasteiger partial charge on any atom is 0.225 e. The second-order valence-electron chi connectivity index (χ2n) is 5.31. The molecule has 1 N–H and O–H groups in total. The van der Waals surface area contributed by atoms with Gasteiger partial charge in [0.1, 0.15) is 0 Å². The van der Waals surface area contributed by atoms with Crippen LogP contribution in [0, 0.1) is 0 Å². The summed E-state index contributed by atoms with van der Waals surface area (Å²) in [6.07, 6.45) is 11.3. The average molecular weight is 270 g/mol. The maximum absolute atomic E-state index is 10.3. The Morgan fingerprint density at radius 1 is 1.15 bits per heavy atom. The van der Waals surface area contributed by atoms with Gasteiger partial charge in [0.25, 0.3) is 0 Å². The molecule has 1 aliphatic carbocycles. The zero-order chi connectivity index (χ0) is 13.8. The average Bonchev–Trinajstić information content (AvgIpc) is 3.03. The van der Waals surface area contributed by atoms with Gasteiger partial charge >= 0.3 is 0 Å². The molecule has 0 spiro atoms. The lowest BCUT2D eigenvalue weighted by atomic mass is 9.96. The predicted octanol–water partition coefficient (Wildman–Crippen LogP) is 3.03. The zero-order valence-corrected chi connectivity index (χ0v) is 11.5. The molecule has 0 aliphatic heterocycles. The number of hydrogen-bond acceptors (Lipinski definition) is 2. The van der Waals surface area contributed by atoms with Crippen LogP contribution in [-0.4, -0.2) is 32.0 Å². The van der Waals surface area contributed by atoms with Crippen LogP contribution in [0.1, 0.15) is 37.7 Å². The van der Waals surface area contributed by atoms with Crippen molar-refractivity contribution in [3.8, 4) is 5.69 Å². The van der Waals surface area contributed by atoms with Crippen LogP contribution in [0.15, 0.2) is 42.7 Å². The predicted molar refractivity (Wildman–Crippen MR) is 77.6 cm³/mol. The number of rotatable bonds is 3. The Morgan fingerprint density at radius 3 is 2.70 bits per heavy atom. The minimum atomic E-state index is 0.245. The van der Waals surface area contributed by atoms with Crippen LogP contribution in [0.2, 0.25) is 0 Å². The smallest absolute Gasteiger partial charge is 0.225 e. The molecule has 0 amide bonds. The number of aromatic nitrogens is 2. The largest absolute Gasteiger partial charge is 0.291 e. The number of hydrogen-bond donors (Lipinski definition) is 1. The number of benzene rings is 1. The van der Waals surface area contributed by atoms with Gasteiger partial charge in [-0.05, 0) is 35.8 Å². The van der Waals surface area contributed by atoms with E-state index in [-0.39, 0.29) is 6.04 Å². The first-order chi connectivity index (χ1) is 9.84. The molecule has 0 unspecified atom stereocenters. The highest BCUT2D eigenvalue weighted by molar-refractivity contribution is 5.81. The third-order valence-electron chi connectivity index (χ3n) is 3.91. The summed E-state index contributed by atoms with van der Waals surface area (Å²) in [5.74, 6) is 0. The van der Waals surface area contributed by atoms with Crippen LogP contribution in [0.3, 0.4) is 0 Å². The summed E-state index contributed by atoms with van der Waals surface area (Å²) in [4.78, 5) is 0. The molecule has 1 heterocycles. The van der Waals surface area contributed by atoms with Crippen LogP contribution < -0.4 is 0 Å². The Bertz CT molecular complexity index is 584. The first-order valence-corrected chi connectivity index (χ1v) is 7.26. The van der Waals surface area contributed by atoms with Gasteiger partial charge in [0.2, 0.25) is 12.3 Å². The molecule has 1 fully saturated rings. The summed E-state index contributed by atoms with van der Waals surface area (Å²) in [5, 5.41) is 14.6. The summed E-state index contributed by atoms with van der Waals surface area (Å²) < 4.78 is 3.21. The Labute approximate surface area is 118 Å². The van der Waals surface area contributed by atoms with Crippen molar-refractivity contribution in [3.05, 3.63) is 48.3 Å². The second kappa shape index (κ2) is 5.90. The van der Waals surface area contributed by atoms with E-state index in [2.05, 4.69) is 5.10 Å². The van der Waals surface area contributed by atoms with Crippen molar-refractivity contribution in [1.82, 2.24) is 9.78 Å². The Morgan fingerprint density at radius 2 is 1.95 bits per heavy atom. The number of para-hydroxylation sites is 1. The summed E-state index contributed by atoms with van der Waals surface area (Å²) >= 11 is 0. The van der Waals surface area contributed by atoms with Gasteiger partial charge in [-0.3, -0.25) is 5.21 Å². The van der Waals surface area contributed by atoms with Gasteiger partial charge < -0.3 is 0 Å². The van der Waals surface area contributed by atoms with Gasteiger partial charge in [0.15, 0.2) is 0 Å². The first kappa shape index (κ1) is 12.9. The van der Waals surface area contributed by atoms with Crippen LogP contribution in [0.5, 0.6) is 0 Å². The molecule has 0 bridgehead atoms. The molecule has 3 rings (SSSR count). The molecule has 0 atom stereocenters. The van der Waals surface area contributed by atoms with Gasteiger partial charge in [-0.1, -0.05) is 18.6 Å². The monoisotopic (exact) mass is 270 g/mol. The summed E-state index contributed by atoms with van der Waals surface area (Å²) in [6, 6.07) is 10.1.